The van der Waals surface area contributed by atoms with E-state index < -0.39 is 0 Å². The Balaban J connectivity index is 2.45. The Labute approximate surface area is 110 Å². The molecule has 1 aromatic carbocycles. The molecule has 1 unspecified atom stereocenters. The molecule has 1 N–H and O–H groups in total. The van der Waals surface area contributed by atoms with Crippen LogP contribution in [0, 0.1) is 12.8 Å². The zero-order valence-corrected chi connectivity index (χ0v) is 12.1. The third-order valence-corrected chi connectivity index (χ3v) is 3.96. The van der Waals surface area contributed by atoms with Crippen molar-refractivity contribution in [3.8, 4) is 0 Å². The van der Waals surface area contributed by atoms with Gasteiger partial charge in [0, 0.05) is 30.2 Å². The number of nitrogens with zero attached hydrogens (tertiary/aromatic N) is 1. The van der Waals surface area contributed by atoms with Crippen molar-refractivity contribution in [1.82, 2.24) is 9.88 Å². The van der Waals surface area contributed by atoms with Crippen molar-refractivity contribution in [3.63, 3.8) is 0 Å². The number of likely N-dealkylation sites (N-methyl/N-ethyl adjacent to an activating group) is 1. The molecule has 0 bridgehead atoms. The first-order valence-corrected chi connectivity index (χ1v) is 6.75. The maximum atomic E-state index is 3.31. The molecule has 0 spiro atoms. The van der Waals surface area contributed by atoms with Gasteiger partial charge in [-0.25, -0.2) is 0 Å². The lowest BCUT2D eigenvalue weighted by Gasteiger charge is -2.21. The van der Waals surface area contributed by atoms with Gasteiger partial charge in [0.15, 0.2) is 0 Å². The summed E-state index contributed by atoms with van der Waals surface area (Å²) in [5.74, 6) is 1.24. The van der Waals surface area contributed by atoms with Crippen molar-refractivity contribution in [2.45, 2.75) is 26.7 Å². The van der Waals surface area contributed by atoms with E-state index in [4.69, 9.17) is 0 Å². The maximum Gasteiger partial charge on any atom is 0.0479 e. The lowest BCUT2D eigenvalue weighted by atomic mass is 9.88. The molecule has 2 nitrogen and oxygen atoms in total. The molecule has 0 fully saturated rings. The predicted molar refractivity (Wildman–Crippen MR) is 79.2 cm³/mol. The Morgan fingerprint density at radius 2 is 1.94 bits per heavy atom. The van der Waals surface area contributed by atoms with E-state index in [1.54, 1.807) is 0 Å². The lowest BCUT2D eigenvalue weighted by Crippen LogP contribution is -2.21. The zero-order valence-electron chi connectivity index (χ0n) is 12.1. The van der Waals surface area contributed by atoms with Gasteiger partial charge in [0.2, 0.25) is 0 Å². The minimum atomic E-state index is 0.583. The smallest absolute Gasteiger partial charge is 0.0479 e. The van der Waals surface area contributed by atoms with Crippen LogP contribution in [0.4, 0.5) is 0 Å². The summed E-state index contributed by atoms with van der Waals surface area (Å²) < 4.78 is 2.25. The summed E-state index contributed by atoms with van der Waals surface area (Å²) >= 11 is 0. The van der Waals surface area contributed by atoms with Crippen LogP contribution in [0.2, 0.25) is 0 Å². The summed E-state index contributed by atoms with van der Waals surface area (Å²) in [6, 6.07) is 9.16. The molecule has 1 aromatic heterocycles. The third-order valence-electron chi connectivity index (χ3n) is 3.96. The summed E-state index contributed by atoms with van der Waals surface area (Å²) in [6.45, 7) is 7.78. The second-order valence-corrected chi connectivity index (χ2v) is 5.57. The van der Waals surface area contributed by atoms with Crippen molar-refractivity contribution in [2.75, 3.05) is 13.6 Å². The Morgan fingerprint density at radius 1 is 1.22 bits per heavy atom. The minimum absolute atomic E-state index is 0.583. The van der Waals surface area contributed by atoms with Gasteiger partial charge >= 0.3 is 0 Å². The van der Waals surface area contributed by atoms with Crippen LogP contribution in [0.3, 0.4) is 0 Å². The van der Waals surface area contributed by atoms with E-state index in [1.807, 2.05) is 7.05 Å². The Bertz CT molecular complexity index is 537. The second kappa shape index (κ2) is 5.15. The fourth-order valence-corrected chi connectivity index (χ4v) is 2.69. The first kappa shape index (κ1) is 13.2. The van der Waals surface area contributed by atoms with Crippen LogP contribution >= 0.6 is 0 Å². The summed E-state index contributed by atoms with van der Waals surface area (Å²) in [5, 5.41) is 4.66. The molecular formula is C16H24N2. The summed E-state index contributed by atoms with van der Waals surface area (Å²) in [5.41, 5.74) is 4.08. The van der Waals surface area contributed by atoms with Gasteiger partial charge in [-0.1, -0.05) is 19.9 Å². The molecule has 18 heavy (non-hydrogen) atoms. The first-order chi connectivity index (χ1) is 8.54. The number of fused-ring (bicyclic) bond motifs is 1. The highest BCUT2D eigenvalue weighted by Gasteiger charge is 2.15. The van der Waals surface area contributed by atoms with Gasteiger partial charge in [-0.3, -0.25) is 0 Å². The number of aromatic nitrogens is 1. The zero-order chi connectivity index (χ0) is 13.3. The van der Waals surface area contributed by atoms with E-state index in [-0.39, 0.29) is 0 Å². The molecule has 0 aliphatic rings. The summed E-state index contributed by atoms with van der Waals surface area (Å²) in [6.07, 6.45) is 0. The van der Waals surface area contributed by atoms with Gasteiger partial charge < -0.3 is 9.88 Å². The maximum absolute atomic E-state index is 3.31. The molecule has 1 atom stereocenters. The fourth-order valence-electron chi connectivity index (χ4n) is 2.69. The van der Waals surface area contributed by atoms with E-state index in [2.05, 4.69) is 62.0 Å². The van der Waals surface area contributed by atoms with Crippen molar-refractivity contribution in [3.05, 3.63) is 35.5 Å². The number of hydrogen-bond donors (Lipinski definition) is 1. The van der Waals surface area contributed by atoms with Gasteiger partial charge in [-0.2, -0.15) is 0 Å². The number of rotatable bonds is 4. The van der Waals surface area contributed by atoms with Gasteiger partial charge in [0.1, 0.15) is 0 Å². The topological polar surface area (TPSA) is 17.0 Å². The lowest BCUT2D eigenvalue weighted by molar-refractivity contribution is 0.479. The SMILES string of the molecule is CNCC(c1ccc2c(c1)cc(C)n2C)C(C)C. The van der Waals surface area contributed by atoms with Crippen molar-refractivity contribution >= 4 is 10.9 Å². The first-order valence-electron chi connectivity index (χ1n) is 6.75. The van der Waals surface area contributed by atoms with Crippen LogP contribution in [-0.4, -0.2) is 18.2 Å². The van der Waals surface area contributed by atoms with Crippen LogP contribution in [0.15, 0.2) is 24.3 Å². The molecule has 1 heterocycles. The Hall–Kier alpha value is -1.28. The van der Waals surface area contributed by atoms with Crippen LogP contribution in [0.1, 0.15) is 31.0 Å². The number of benzene rings is 1. The monoisotopic (exact) mass is 244 g/mol. The number of hydrogen-bond acceptors (Lipinski definition) is 1. The highest BCUT2D eigenvalue weighted by molar-refractivity contribution is 5.82. The molecule has 0 radical (unpaired) electrons. The average Bonchev–Trinajstić information content (AvgIpc) is 2.61. The van der Waals surface area contributed by atoms with E-state index in [0.29, 0.717) is 11.8 Å². The van der Waals surface area contributed by atoms with E-state index in [1.165, 1.54) is 22.2 Å². The van der Waals surface area contributed by atoms with Gasteiger partial charge in [0.05, 0.1) is 0 Å². The van der Waals surface area contributed by atoms with Crippen LogP contribution in [-0.2, 0) is 7.05 Å². The van der Waals surface area contributed by atoms with E-state index in [9.17, 15) is 0 Å². The van der Waals surface area contributed by atoms with Crippen LogP contribution in [0.25, 0.3) is 10.9 Å². The summed E-state index contributed by atoms with van der Waals surface area (Å²) in [7, 11) is 4.16. The standard InChI is InChI=1S/C16H24N2/c1-11(2)15(10-17-4)13-6-7-16-14(9-13)8-12(3)18(16)5/h6-9,11,15,17H,10H2,1-5H3. The second-order valence-electron chi connectivity index (χ2n) is 5.57. The molecule has 0 saturated carbocycles. The fraction of sp³-hybridized carbons (Fsp3) is 0.500. The Kier molecular flexibility index (Phi) is 3.76. The summed E-state index contributed by atoms with van der Waals surface area (Å²) in [4.78, 5) is 0. The van der Waals surface area contributed by atoms with E-state index in [0.717, 1.165) is 6.54 Å². The molecule has 0 saturated heterocycles. The molecule has 0 aliphatic carbocycles. The van der Waals surface area contributed by atoms with Crippen LogP contribution < -0.4 is 5.32 Å². The molecule has 2 heteroatoms. The average molecular weight is 244 g/mol. The molecule has 0 aliphatic heterocycles. The minimum Gasteiger partial charge on any atom is -0.348 e. The molecule has 2 aromatic rings. The third kappa shape index (κ3) is 2.30. The Morgan fingerprint density at radius 3 is 2.56 bits per heavy atom. The van der Waals surface area contributed by atoms with Crippen molar-refractivity contribution in [2.24, 2.45) is 13.0 Å². The van der Waals surface area contributed by atoms with Crippen LogP contribution in [0.5, 0.6) is 0 Å². The van der Waals surface area contributed by atoms with Crippen molar-refractivity contribution < 1.29 is 0 Å². The largest absolute Gasteiger partial charge is 0.348 e. The molecule has 98 valence electrons. The van der Waals surface area contributed by atoms with Gasteiger partial charge in [-0.15, -0.1) is 0 Å². The van der Waals surface area contributed by atoms with Crippen molar-refractivity contribution in [1.29, 1.82) is 0 Å². The molecule has 0 amide bonds. The number of aryl methyl sites for hydroxylation is 2. The predicted octanol–water partition coefficient (Wildman–Crippen LogP) is 3.45. The van der Waals surface area contributed by atoms with Gasteiger partial charge in [0.25, 0.3) is 0 Å². The molecule has 2 rings (SSSR count). The highest BCUT2D eigenvalue weighted by atomic mass is 14.9. The highest BCUT2D eigenvalue weighted by Crippen LogP contribution is 2.28. The molecular weight excluding hydrogens is 220 g/mol. The normalized spacial score (nSPS) is 13.4. The number of nitrogens with one attached hydrogen (secondary N) is 1. The van der Waals surface area contributed by atoms with E-state index >= 15 is 0 Å². The quantitative estimate of drug-likeness (QED) is 0.871. The van der Waals surface area contributed by atoms with Gasteiger partial charge in [-0.05, 0) is 49.6 Å².